The number of rotatable bonds is 8. The summed E-state index contributed by atoms with van der Waals surface area (Å²) in [6.45, 7) is 8.25. The van der Waals surface area contributed by atoms with Crippen LogP contribution in [0.4, 0.5) is 0 Å². The second-order valence-electron chi connectivity index (χ2n) is 7.39. The molecule has 2 aromatic carbocycles. The van der Waals surface area contributed by atoms with Gasteiger partial charge in [-0.1, -0.05) is 75.8 Å². The van der Waals surface area contributed by atoms with E-state index >= 15 is 0 Å². The quantitative estimate of drug-likeness (QED) is 0.279. The minimum absolute atomic E-state index is 0.126. The third kappa shape index (κ3) is 8.27. The van der Waals surface area contributed by atoms with E-state index in [9.17, 15) is 0 Å². The number of hydrogen-bond acceptors (Lipinski definition) is 4. The summed E-state index contributed by atoms with van der Waals surface area (Å²) >= 11 is 23.7. The smallest absolute Gasteiger partial charge is 0.157 e. The molecule has 0 saturated carbocycles. The van der Waals surface area contributed by atoms with E-state index in [1.54, 1.807) is 12.1 Å². The second kappa shape index (κ2) is 11.1. The number of halogens is 4. The fraction of sp³-hybridized carbons (Fsp3) is 0.318. The van der Waals surface area contributed by atoms with Crippen molar-refractivity contribution in [1.29, 1.82) is 0 Å². The molecule has 2 rings (SSSR count). The van der Waals surface area contributed by atoms with E-state index in [0.29, 0.717) is 28.2 Å². The van der Waals surface area contributed by atoms with Crippen LogP contribution in [0.25, 0.3) is 0 Å². The molecule has 8 heteroatoms. The third-order valence-corrected chi connectivity index (χ3v) is 4.54. The largest absolute Gasteiger partial charge is 0.489 e. The van der Waals surface area contributed by atoms with Crippen molar-refractivity contribution in [3.8, 4) is 11.5 Å². The molecule has 0 unspecified atom stereocenters. The van der Waals surface area contributed by atoms with Gasteiger partial charge in [0.25, 0.3) is 0 Å². The summed E-state index contributed by atoms with van der Waals surface area (Å²) < 4.78 is 11.4. The molecule has 4 nitrogen and oxygen atoms in total. The zero-order chi connectivity index (χ0) is 22.3. The Labute approximate surface area is 197 Å². The van der Waals surface area contributed by atoms with Crippen LogP contribution in [0.1, 0.15) is 38.8 Å². The van der Waals surface area contributed by atoms with Crippen LogP contribution >= 0.6 is 46.4 Å². The van der Waals surface area contributed by atoms with E-state index in [0.717, 1.165) is 16.8 Å². The molecule has 162 valence electrons. The molecule has 0 amide bonds. The van der Waals surface area contributed by atoms with Crippen LogP contribution in [0.15, 0.2) is 52.1 Å². The zero-order valence-corrected chi connectivity index (χ0v) is 20.2. The van der Waals surface area contributed by atoms with Gasteiger partial charge in [-0.3, -0.25) is 0 Å². The molecule has 2 aromatic rings. The van der Waals surface area contributed by atoms with Crippen molar-refractivity contribution < 1.29 is 14.3 Å². The van der Waals surface area contributed by atoms with E-state index in [1.807, 2.05) is 52.0 Å². The average Bonchev–Trinajstić information content (AvgIpc) is 2.65. The Morgan fingerprint density at radius 2 is 1.60 bits per heavy atom. The zero-order valence-electron chi connectivity index (χ0n) is 17.1. The maximum atomic E-state index is 6.29. The van der Waals surface area contributed by atoms with Gasteiger partial charge in [0.05, 0.1) is 15.8 Å². The van der Waals surface area contributed by atoms with Gasteiger partial charge >= 0.3 is 0 Å². The first-order valence-electron chi connectivity index (χ1n) is 9.13. The fourth-order valence-corrected chi connectivity index (χ4v) is 2.92. The summed E-state index contributed by atoms with van der Waals surface area (Å²) in [5.74, 6) is 0.872. The van der Waals surface area contributed by atoms with Gasteiger partial charge < -0.3 is 14.3 Å². The molecule has 30 heavy (non-hydrogen) atoms. The molecule has 0 radical (unpaired) electrons. The Morgan fingerprint density at radius 3 is 2.13 bits per heavy atom. The topological polar surface area (TPSA) is 40.0 Å². The highest BCUT2D eigenvalue weighted by molar-refractivity contribution is 6.55. The maximum Gasteiger partial charge on any atom is 0.157 e. The molecular formula is C22H23Cl4NO3. The third-order valence-electron chi connectivity index (χ3n) is 3.67. The van der Waals surface area contributed by atoms with Crippen molar-refractivity contribution in [2.75, 3.05) is 6.61 Å². The lowest BCUT2D eigenvalue weighted by Crippen LogP contribution is -2.16. The van der Waals surface area contributed by atoms with Crippen LogP contribution in [0.5, 0.6) is 11.5 Å². The summed E-state index contributed by atoms with van der Waals surface area (Å²) in [5.41, 5.74) is 2.39. The van der Waals surface area contributed by atoms with Crippen molar-refractivity contribution in [3.63, 3.8) is 0 Å². The minimum atomic E-state index is -0.331. The molecule has 0 saturated heterocycles. The van der Waals surface area contributed by atoms with Crippen LogP contribution in [0, 0.1) is 0 Å². The lowest BCUT2D eigenvalue weighted by atomic mass is 10.1. The Kier molecular flexibility index (Phi) is 9.17. The van der Waals surface area contributed by atoms with Gasteiger partial charge in [0.2, 0.25) is 0 Å². The predicted octanol–water partition coefficient (Wildman–Crippen LogP) is 7.81. The molecule has 0 aliphatic heterocycles. The van der Waals surface area contributed by atoms with Crippen LogP contribution in [-0.2, 0) is 11.4 Å². The normalized spacial score (nSPS) is 11.8. The molecule has 0 aliphatic carbocycles. The SMILES string of the molecule is CC(=NOC(C)(C)C)c1ccc(COc2c(Cl)cc(OCC=C(Cl)Cl)cc2Cl)cc1. The highest BCUT2D eigenvalue weighted by atomic mass is 35.5. The number of benzene rings is 2. The van der Waals surface area contributed by atoms with Crippen molar-refractivity contribution in [1.82, 2.24) is 0 Å². The lowest BCUT2D eigenvalue weighted by molar-refractivity contribution is 0.000955. The van der Waals surface area contributed by atoms with E-state index in [2.05, 4.69) is 5.16 Å². The average molecular weight is 491 g/mol. The highest BCUT2D eigenvalue weighted by Gasteiger charge is 2.12. The molecule has 0 N–H and O–H groups in total. The first-order chi connectivity index (χ1) is 14.0. The van der Waals surface area contributed by atoms with Crippen molar-refractivity contribution in [2.45, 2.75) is 39.9 Å². The molecule has 0 bridgehead atoms. The maximum absolute atomic E-state index is 6.29. The van der Waals surface area contributed by atoms with Gasteiger partial charge in [0.1, 0.15) is 29.1 Å². The number of oxime groups is 1. The Bertz CT molecular complexity index is 892. The summed E-state index contributed by atoms with van der Waals surface area (Å²) in [6.07, 6.45) is 1.51. The van der Waals surface area contributed by atoms with Crippen LogP contribution in [0.2, 0.25) is 10.0 Å². The van der Waals surface area contributed by atoms with Crippen molar-refractivity contribution >= 4 is 52.1 Å². The summed E-state index contributed by atoms with van der Waals surface area (Å²) in [6, 6.07) is 11.1. The Hall–Kier alpha value is -1.59. The molecule has 0 heterocycles. The van der Waals surface area contributed by atoms with E-state index in [1.165, 1.54) is 6.08 Å². The second-order valence-corrected chi connectivity index (χ2v) is 9.21. The summed E-state index contributed by atoms with van der Waals surface area (Å²) in [5, 5.41) is 4.86. The predicted molar refractivity (Wildman–Crippen MR) is 126 cm³/mol. The van der Waals surface area contributed by atoms with Crippen molar-refractivity contribution in [2.24, 2.45) is 5.16 Å². The monoisotopic (exact) mass is 489 g/mol. The standard InChI is InChI=1S/C22H23Cl4NO3/c1-14(27-30-22(2,3)4)16-7-5-15(6-8-16)13-29-21-18(23)11-17(12-19(21)24)28-10-9-20(25)26/h5-9,11-12H,10,13H2,1-4H3. The summed E-state index contributed by atoms with van der Waals surface area (Å²) in [7, 11) is 0. The molecule has 0 spiro atoms. The Morgan fingerprint density at radius 1 is 1.00 bits per heavy atom. The van der Waals surface area contributed by atoms with E-state index < -0.39 is 0 Å². The number of hydrogen-bond donors (Lipinski definition) is 0. The molecule has 0 atom stereocenters. The van der Waals surface area contributed by atoms with Gasteiger partial charge in [0, 0.05) is 12.1 Å². The van der Waals surface area contributed by atoms with E-state index in [-0.39, 0.29) is 16.7 Å². The number of ether oxygens (including phenoxy) is 2. The first-order valence-corrected chi connectivity index (χ1v) is 10.6. The molecule has 0 aromatic heterocycles. The lowest BCUT2D eigenvalue weighted by Gasteiger charge is -2.16. The minimum Gasteiger partial charge on any atom is -0.489 e. The number of nitrogens with zero attached hydrogens (tertiary/aromatic N) is 1. The summed E-state index contributed by atoms with van der Waals surface area (Å²) in [4.78, 5) is 5.46. The van der Waals surface area contributed by atoms with Crippen molar-refractivity contribution in [3.05, 3.63) is 68.1 Å². The fourth-order valence-electron chi connectivity index (χ4n) is 2.21. The van der Waals surface area contributed by atoms with Crippen LogP contribution < -0.4 is 9.47 Å². The molecule has 0 fully saturated rings. The van der Waals surface area contributed by atoms with Crippen LogP contribution in [0.3, 0.4) is 0 Å². The van der Waals surface area contributed by atoms with Gasteiger partial charge in [-0.05, 0) is 44.9 Å². The molecular weight excluding hydrogens is 468 g/mol. The first kappa shape index (κ1) is 24.7. The van der Waals surface area contributed by atoms with Gasteiger partial charge in [-0.2, -0.15) is 0 Å². The van der Waals surface area contributed by atoms with Gasteiger partial charge in [-0.15, -0.1) is 0 Å². The van der Waals surface area contributed by atoms with Gasteiger partial charge in [-0.25, -0.2) is 0 Å². The van der Waals surface area contributed by atoms with Crippen LogP contribution in [-0.4, -0.2) is 17.9 Å². The Balaban J connectivity index is 2.01. The molecule has 0 aliphatic rings. The van der Waals surface area contributed by atoms with E-state index in [4.69, 9.17) is 60.7 Å². The van der Waals surface area contributed by atoms with Gasteiger partial charge in [0.15, 0.2) is 5.75 Å². The highest BCUT2D eigenvalue weighted by Crippen LogP contribution is 2.37.